The van der Waals surface area contributed by atoms with Crippen molar-refractivity contribution >= 4 is 10.9 Å². The minimum Gasteiger partial charge on any atom is -0.507 e. The van der Waals surface area contributed by atoms with Crippen LogP contribution in [0.15, 0.2) is 36.4 Å². The second kappa shape index (κ2) is 6.03. The van der Waals surface area contributed by atoms with Crippen LogP contribution in [-0.4, -0.2) is 29.5 Å². The molecule has 1 aliphatic carbocycles. The lowest BCUT2D eigenvalue weighted by atomic mass is 9.67. The van der Waals surface area contributed by atoms with E-state index in [9.17, 15) is 13.9 Å². The summed E-state index contributed by atoms with van der Waals surface area (Å²) in [5, 5.41) is 11.5. The van der Waals surface area contributed by atoms with Crippen molar-refractivity contribution in [1.82, 2.24) is 4.57 Å². The average Bonchev–Trinajstić information content (AvgIpc) is 3.01. The summed E-state index contributed by atoms with van der Waals surface area (Å²) in [5.41, 5.74) is 2.22. The van der Waals surface area contributed by atoms with Crippen molar-refractivity contribution in [2.24, 2.45) is 0 Å². The Morgan fingerprint density at radius 3 is 2.59 bits per heavy atom. The van der Waals surface area contributed by atoms with Crippen LogP contribution in [-0.2, 0) is 20.5 Å². The molecule has 1 N–H and O–H groups in total. The summed E-state index contributed by atoms with van der Waals surface area (Å²) in [5.74, 6) is -1.63. The van der Waals surface area contributed by atoms with Crippen LogP contribution in [0.2, 0.25) is 0 Å². The fraction of sp³-hybridized carbons (Fsp3) is 0.391. The van der Waals surface area contributed by atoms with E-state index < -0.39 is 22.7 Å². The molecule has 3 aromatic rings. The standard InChI is InChI=1S/C23H23F2NO3/c1-22(2)12-29-23(10-14(11-23)28-3)20-19-17(5-4-6-18(19)27)26(21(20)22)13-7-8-15(24)16(25)9-13/h4-9,14,27H,10-12H2,1-3H3/t14-,23-. The molecule has 1 aliphatic heterocycles. The van der Waals surface area contributed by atoms with Crippen molar-refractivity contribution < 1.29 is 23.4 Å². The van der Waals surface area contributed by atoms with E-state index in [-0.39, 0.29) is 11.9 Å². The van der Waals surface area contributed by atoms with Gasteiger partial charge in [-0.1, -0.05) is 19.9 Å². The van der Waals surface area contributed by atoms with Gasteiger partial charge in [0, 0.05) is 53.8 Å². The summed E-state index contributed by atoms with van der Waals surface area (Å²) in [4.78, 5) is 0. The highest BCUT2D eigenvalue weighted by Crippen LogP contribution is 2.57. The number of benzene rings is 2. The predicted molar refractivity (Wildman–Crippen MR) is 106 cm³/mol. The Bertz CT molecular complexity index is 1130. The van der Waals surface area contributed by atoms with E-state index in [0.717, 1.165) is 22.8 Å². The van der Waals surface area contributed by atoms with Gasteiger partial charge in [-0.3, -0.25) is 0 Å². The first-order valence-corrected chi connectivity index (χ1v) is 9.77. The molecule has 0 saturated heterocycles. The molecule has 1 saturated carbocycles. The van der Waals surface area contributed by atoms with Gasteiger partial charge in [-0.15, -0.1) is 0 Å². The highest BCUT2D eigenvalue weighted by atomic mass is 19.2. The smallest absolute Gasteiger partial charge is 0.160 e. The van der Waals surface area contributed by atoms with E-state index in [1.165, 1.54) is 6.07 Å². The van der Waals surface area contributed by atoms with Gasteiger partial charge >= 0.3 is 0 Å². The maximum absolute atomic E-state index is 14.1. The highest BCUT2D eigenvalue weighted by molar-refractivity contribution is 5.94. The number of phenolic OH excluding ortho intramolecular Hbond substituents is 1. The number of hydrogen-bond acceptors (Lipinski definition) is 3. The molecule has 2 aromatic carbocycles. The topological polar surface area (TPSA) is 43.6 Å². The number of methoxy groups -OCH3 is 1. The summed E-state index contributed by atoms with van der Waals surface area (Å²) < 4.78 is 41.6. The molecule has 0 bridgehead atoms. The fourth-order valence-electron chi connectivity index (χ4n) is 4.92. The van der Waals surface area contributed by atoms with Gasteiger partial charge in [0.2, 0.25) is 0 Å². The molecule has 0 atom stereocenters. The van der Waals surface area contributed by atoms with Crippen molar-refractivity contribution in [3.05, 3.63) is 59.3 Å². The maximum Gasteiger partial charge on any atom is 0.160 e. The van der Waals surface area contributed by atoms with Gasteiger partial charge in [0.15, 0.2) is 11.6 Å². The molecule has 0 amide bonds. The zero-order chi connectivity index (χ0) is 20.6. The van der Waals surface area contributed by atoms with Crippen molar-refractivity contribution in [3.63, 3.8) is 0 Å². The van der Waals surface area contributed by atoms with Gasteiger partial charge in [-0.05, 0) is 24.3 Å². The molecule has 2 heterocycles. The lowest BCUT2D eigenvalue weighted by molar-refractivity contribution is -0.187. The molecule has 6 heteroatoms. The second-order valence-electron chi connectivity index (χ2n) is 8.76. The molecule has 1 fully saturated rings. The van der Waals surface area contributed by atoms with Crippen LogP contribution in [0.4, 0.5) is 8.78 Å². The first-order chi connectivity index (χ1) is 13.8. The zero-order valence-corrected chi connectivity index (χ0v) is 16.6. The molecule has 5 rings (SSSR count). The summed E-state index contributed by atoms with van der Waals surface area (Å²) in [6.45, 7) is 4.62. The average molecular weight is 399 g/mol. The van der Waals surface area contributed by atoms with Gasteiger partial charge in [0.25, 0.3) is 0 Å². The Morgan fingerprint density at radius 2 is 1.90 bits per heavy atom. The molecule has 152 valence electrons. The van der Waals surface area contributed by atoms with Crippen LogP contribution in [0.3, 0.4) is 0 Å². The van der Waals surface area contributed by atoms with Gasteiger partial charge in [-0.2, -0.15) is 0 Å². The van der Waals surface area contributed by atoms with Crippen LogP contribution in [0.25, 0.3) is 16.6 Å². The van der Waals surface area contributed by atoms with E-state index in [4.69, 9.17) is 9.47 Å². The lowest BCUT2D eigenvalue weighted by Gasteiger charge is -2.52. The van der Waals surface area contributed by atoms with E-state index in [0.29, 0.717) is 30.5 Å². The van der Waals surface area contributed by atoms with Crippen LogP contribution in [0, 0.1) is 11.6 Å². The Balaban J connectivity index is 1.88. The number of ether oxygens (including phenoxy) is 2. The third kappa shape index (κ3) is 2.49. The largest absolute Gasteiger partial charge is 0.507 e. The first kappa shape index (κ1) is 18.6. The molecule has 0 unspecified atom stereocenters. The summed E-state index contributed by atoms with van der Waals surface area (Å²) >= 11 is 0. The Kier molecular flexibility index (Phi) is 3.86. The Labute approximate surface area is 167 Å². The van der Waals surface area contributed by atoms with E-state index in [1.54, 1.807) is 25.3 Å². The van der Waals surface area contributed by atoms with Crippen molar-refractivity contribution in [2.45, 2.75) is 43.8 Å². The summed E-state index contributed by atoms with van der Waals surface area (Å²) in [7, 11) is 1.69. The van der Waals surface area contributed by atoms with Crippen LogP contribution in [0.1, 0.15) is 37.9 Å². The third-order valence-electron chi connectivity index (χ3n) is 6.39. The van der Waals surface area contributed by atoms with Crippen molar-refractivity contribution in [3.8, 4) is 11.4 Å². The number of hydrogen-bond donors (Lipinski definition) is 1. The fourth-order valence-corrected chi connectivity index (χ4v) is 4.92. The number of aromatic nitrogens is 1. The normalized spacial score (nSPS) is 25.2. The number of fused-ring (bicyclic) bond motifs is 4. The summed E-state index contributed by atoms with van der Waals surface area (Å²) in [6, 6.07) is 9.22. The molecule has 0 radical (unpaired) electrons. The van der Waals surface area contributed by atoms with Crippen molar-refractivity contribution in [2.75, 3.05) is 13.7 Å². The molecule has 2 aliphatic rings. The van der Waals surface area contributed by atoms with E-state index in [1.807, 2.05) is 10.6 Å². The summed E-state index contributed by atoms with van der Waals surface area (Å²) in [6.07, 6.45) is 1.48. The minimum absolute atomic E-state index is 0.0941. The number of rotatable bonds is 2. The van der Waals surface area contributed by atoms with Crippen LogP contribution >= 0.6 is 0 Å². The molecule has 1 aromatic heterocycles. The highest BCUT2D eigenvalue weighted by Gasteiger charge is 2.55. The maximum atomic E-state index is 14.1. The quantitative estimate of drug-likeness (QED) is 0.665. The zero-order valence-electron chi connectivity index (χ0n) is 16.6. The molecule has 29 heavy (non-hydrogen) atoms. The molecular weight excluding hydrogens is 376 g/mol. The van der Waals surface area contributed by atoms with Gasteiger partial charge in [0.05, 0.1) is 18.2 Å². The number of nitrogens with zero attached hydrogens (tertiary/aromatic N) is 1. The number of phenols is 1. The lowest BCUT2D eigenvalue weighted by Crippen LogP contribution is -2.53. The third-order valence-corrected chi connectivity index (χ3v) is 6.39. The van der Waals surface area contributed by atoms with Crippen LogP contribution < -0.4 is 0 Å². The SMILES string of the molecule is CO[C@H]1C[C@@]2(C1)OCC(C)(C)c1c2c2c(O)cccc2n1-c1ccc(F)c(F)c1. The second-order valence-corrected chi connectivity index (χ2v) is 8.76. The van der Waals surface area contributed by atoms with Gasteiger partial charge in [0.1, 0.15) is 11.4 Å². The van der Waals surface area contributed by atoms with Crippen molar-refractivity contribution in [1.29, 1.82) is 0 Å². The minimum atomic E-state index is -0.902. The molecule has 1 spiro atoms. The number of aromatic hydroxyl groups is 1. The molecular formula is C23H23F2NO3. The number of halogens is 2. The van der Waals surface area contributed by atoms with E-state index >= 15 is 0 Å². The van der Waals surface area contributed by atoms with E-state index in [2.05, 4.69) is 13.8 Å². The van der Waals surface area contributed by atoms with Crippen LogP contribution in [0.5, 0.6) is 5.75 Å². The monoisotopic (exact) mass is 399 g/mol. The predicted octanol–water partition coefficient (Wildman–Crippen LogP) is 4.93. The van der Waals surface area contributed by atoms with Gasteiger partial charge < -0.3 is 19.1 Å². The molecule has 4 nitrogen and oxygen atoms in total. The Hall–Kier alpha value is -2.44. The Morgan fingerprint density at radius 1 is 1.14 bits per heavy atom. The first-order valence-electron chi connectivity index (χ1n) is 9.77. The van der Waals surface area contributed by atoms with Gasteiger partial charge in [-0.25, -0.2) is 8.78 Å².